The van der Waals surface area contributed by atoms with Gasteiger partial charge in [-0.05, 0) is 49.2 Å². The molecule has 0 saturated carbocycles. The fraction of sp³-hybridized carbons (Fsp3) is 0.381. The Kier molecular flexibility index (Phi) is 5.44. The Bertz CT molecular complexity index is 1030. The maximum atomic E-state index is 13.3. The van der Waals surface area contributed by atoms with Gasteiger partial charge in [-0.25, -0.2) is 12.7 Å². The van der Waals surface area contributed by atoms with Crippen LogP contribution >= 0.6 is 11.6 Å². The van der Waals surface area contributed by atoms with E-state index in [1.807, 2.05) is 44.2 Å². The highest BCUT2D eigenvalue weighted by Gasteiger charge is 2.35. The third-order valence-corrected chi connectivity index (χ3v) is 7.40. The largest absolute Gasteiger partial charge is 0.367 e. The molecule has 0 aliphatic carbocycles. The number of hydrogen-bond acceptors (Lipinski definition) is 5. The van der Waals surface area contributed by atoms with Gasteiger partial charge in [0.1, 0.15) is 0 Å². The predicted octanol–water partition coefficient (Wildman–Crippen LogP) is 3.14. The molecular weight excluding hydrogens is 408 g/mol. The third-order valence-electron chi connectivity index (χ3n) is 5.32. The lowest BCUT2D eigenvalue weighted by atomic mass is 10.2. The van der Waals surface area contributed by atoms with E-state index >= 15 is 0 Å². The van der Waals surface area contributed by atoms with E-state index in [0.29, 0.717) is 37.0 Å². The van der Waals surface area contributed by atoms with E-state index < -0.39 is 10.0 Å². The van der Waals surface area contributed by atoms with Crippen molar-refractivity contribution in [1.29, 1.82) is 0 Å². The van der Waals surface area contributed by atoms with Gasteiger partial charge in [-0.3, -0.25) is 4.99 Å². The molecule has 0 spiro atoms. The minimum atomic E-state index is -3.63. The summed E-state index contributed by atoms with van der Waals surface area (Å²) in [5.74, 6) is 0.558. The van der Waals surface area contributed by atoms with Gasteiger partial charge in [0.2, 0.25) is 5.96 Å². The Hall–Kier alpha value is -2.25. The first-order chi connectivity index (χ1) is 13.9. The monoisotopic (exact) mass is 432 g/mol. The molecule has 0 unspecified atom stereocenters. The molecule has 2 aliphatic rings. The topological polar surface area (TPSA) is 56.2 Å². The highest BCUT2D eigenvalue weighted by Crippen LogP contribution is 2.27. The van der Waals surface area contributed by atoms with Gasteiger partial charge in [0, 0.05) is 26.2 Å². The van der Waals surface area contributed by atoms with E-state index in [1.54, 1.807) is 12.1 Å². The molecule has 0 atom stereocenters. The third kappa shape index (κ3) is 3.94. The van der Waals surface area contributed by atoms with Crippen molar-refractivity contribution in [3.8, 4) is 0 Å². The summed E-state index contributed by atoms with van der Waals surface area (Å²) in [7, 11) is -3.63. The average Bonchev–Trinajstić information content (AvgIpc) is 3.18. The number of benzene rings is 2. The van der Waals surface area contributed by atoms with Gasteiger partial charge in [0.25, 0.3) is 10.0 Å². The van der Waals surface area contributed by atoms with Crippen molar-refractivity contribution in [3.05, 3.63) is 58.6 Å². The number of para-hydroxylation sites is 1. The van der Waals surface area contributed by atoms with Crippen LogP contribution in [0.2, 0.25) is 5.02 Å². The summed E-state index contributed by atoms with van der Waals surface area (Å²) in [6, 6.07) is 13.2. The number of piperazine rings is 1. The lowest BCUT2D eigenvalue weighted by Crippen LogP contribution is -2.53. The zero-order chi connectivity index (χ0) is 20.6. The van der Waals surface area contributed by atoms with Gasteiger partial charge in [0.05, 0.1) is 28.7 Å². The van der Waals surface area contributed by atoms with Crippen LogP contribution in [0.15, 0.2) is 52.4 Å². The van der Waals surface area contributed by atoms with Crippen molar-refractivity contribution < 1.29 is 8.42 Å². The Labute approximate surface area is 177 Å². The zero-order valence-corrected chi connectivity index (χ0v) is 18.2. The number of hydrogen-bond donors (Lipinski definition) is 0. The fourth-order valence-electron chi connectivity index (χ4n) is 3.97. The number of halogens is 1. The van der Waals surface area contributed by atoms with Crippen LogP contribution in [-0.4, -0.2) is 62.9 Å². The average molecular weight is 433 g/mol. The van der Waals surface area contributed by atoms with Gasteiger partial charge < -0.3 is 9.80 Å². The molecule has 1 saturated heterocycles. The smallest absolute Gasteiger partial charge is 0.266 e. The number of aliphatic imine (C=N–C) groups is 1. The molecule has 1 fully saturated rings. The second kappa shape index (κ2) is 7.88. The highest BCUT2D eigenvalue weighted by atomic mass is 35.5. The Balaban J connectivity index is 1.52. The van der Waals surface area contributed by atoms with E-state index in [2.05, 4.69) is 14.8 Å². The van der Waals surface area contributed by atoms with Crippen LogP contribution in [0.3, 0.4) is 0 Å². The van der Waals surface area contributed by atoms with Crippen molar-refractivity contribution >= 4 is 33.3 Å². The normalized spacial score (nSPS) is 17.6. The van der Waals surface area contributed by atoms with E-state index in [0.717, 1.165) is 34.9 Å². The molecule has 2 aromatic carbocycles. The van der Waals surface area contributed by atoms with Crippen molar-refractivity contribution in [2.75, 3.05) is 44.2 Å². The van der Waals surface area contributed by atoms with Crippen LogP contribution in [0.5, 0.6) is 0 Å². The molecule has 2 aliphatic heterocycles. The van der Waals surface area contributed by atoms with Gasteiger partial charge >= 0.3 is 0 Å². The summed E-state index contributed by atoms with van der Waals surface area (Å²) < 4.78 is 28.1. The van der Waals surface area contributed by atoms with Gasteiger partial charge in [0.15, 0.2) is 0 Å². The molecule has 8 heteroatoms. The number of aryl methyl sites for hydroxylation is 2. The van der Waals surface area contributed by atoms with Crippen molar-refractivity contribution in [1.82, 2.24) is 9.21 Å². The SMILES string of the molecule is Cc1cc(C)cc(S(=O)(=O)N2CCN=C2N2CCN(c3ccccc3Cl)CC2)c1. The Morgan fingerprint density at radius 3 is 2.17 bits per heavy atom. The number of guanidine groups is 1. The molecule has 154 valence electrons. The van der Waals surface area contributed by atoms with Crippen LogP contribution in [-0.2, 0) is 10.0 Å². The summed E-state index contributed by atoms with van der Waals surface area (Å²) in [4.78, 5) is 9.17. The maximum absolute atomic E-state index is 13.3. The first-order valence-corrected chi connectivity index (χ1v) is 11.6. The predicted molar refractivity (Wildman–Crippen MR) is 117 cm³/mol. The first kappa shape index (κ1) is 20.0. The highest BCUT2D eigenvalue weighted by molar-refractivity contribution is 7.89. The second-order valence-corrected chi connectivity index (χ2v) is 9.78. The van der Waals surface area contributed by atoms with Crippen LogP contribution in [0, 0.1) is 13.8 Å². The molecule has 6 nitrogen and oxygen atoms in total. The van der Waals surface area contributed by atoms with E-state index in [1.165, 1.54) is 4.31 Å². The molecule has 2 aromatic rings. The van der Waals surface area contributed by atoms with Crippen LogP contribution in [0.1, 0.15) is 11.1 Å². The fourth-order valence-corrected chi connectivity index (χ4v) is 5.86. The zero-order valence-electron chi connectivity index (χ0n) is 16.7. The first-order valence-electron chi connectivity index (χ1n) is 9.76. The molecule has 0 radical (unpaired) electrons. The minimum Gasteiger partial charge on any atom is -0.367 e. The van der Waals surface area contributed by atoms with Crippen LogP contribution in [0.25, 0.3) is 0 Å². The number of nitrogens with zero attached hydrogens (tertiary/aromatic N) is 4. The second-order valence-electron chi connectivity index (χ2n) is 7.51. The van der Waals surface area contributed by atoms with E-state index in [-0.39, 0.29) is 0 Å². The van der Waals surface area contributed by atoms with Gasteiger partial charge in [-0.1, -0.05) is 29.8 Å². The summed E-state index contributed by atoms with van der Waals surface area (Å²) >= 11 is 6.33. The van der Waals surface area contributed by atoms with Crippen LogP contribution in [0.4, 0.5) is 5.69 Å². The molecule has 0 amide bonds. The van der Waals surface area contributed by atoms with Crippen LogP contribution < -0.4 is 4.90 Å². The molecule has 0 bridgehead atoms. The van der Waals surface area contributed by atoms with Gasteiger partial charge in [-0.15, -0.1) is 0 Å². The standard InChI is InChI=1S/C21H25ClN4O2S/c1-16-13-17(2)15-18(14-16)29(27,28)26-8-7-23-21(26)25-11-9-24(10-12-25)20-6-4-3-5-19(20)22/h3-6,13-15H,7-12H2,1-2H3. The minimum absolute atomic E-state index is 0.333. The number of rotatable bonds is 3. The lowest BCUT2D eigenvalue weighted by Gasteiger charge is -2.39. The van der Waals surface area contributed by atoms with E-state index in [9.17, 15) is 8.42 Å². The van der Waals surface area contributed by atoms with E-state index in [4.69, 9.17) is 11.6 Å². The molecule has 2 heterocycles. The van der Waals surface area contributed by atoms with Crippen molar-refractivity contribution in [2.45, 2.75) is 18.7 Å². The summed E-state index contributed by atoms with van der Waals surface area (Å²) in [5.41, 5.74) is 2.89. The quantitative estimate of drug-likeness (QED) is 0.747. The molecule has 0 aromatic heterocycles. The van der Waals surface area contributed by atoms with Crippen molar-refractivity contribution in [3.63, 3.8) is 0 Å². The molecule has 4 rings (SSSR count). The summed E-state index contributed by atoms with van der Waals surface area (Å²) in [6.45, 7) is 7.63. The molecule has 0 N–H and O–H groups in total. The summed E-state index contributed by atoms with van der Waals surface area (Å²) in [5, 5.41) is 0.734. The number of sulfonamides is 1. The lowest BCUT2D eigenvalue weighted by molar-refractivity contribution is 0.358. The maximum Gasteiger partial charge on any atom is 0.266 e. The molecular formula is C21H25ClN4O2S. The Morgan fingerprint density at radius 1 is 0.897 bits per heavy atom. The summed E-state index contributed by atoms with van der Waals surface area (Å²) in [6.07, 6.45) is 0. The Morgan fingerprint density at radius 2 is 1.52 bits per heavy atom. The molecule has 29 heavy (non-hydrogen) atoms. The number of anilines is 1. The van der Waals surface area contributed by atoms with Gasteiger partial charge in [-0.2, -0.15) is 0 Å². The van der Waals surface area contributed by atoms with Crippen molar-refractivity contribution in [2.24, 2.45) is 4.99 Å².